The van der Waals surface area contributed by atoms with Crippen LogP contribution in [0.3, 0.4) is 0 Å². The maximum atomic E-state index is 13.4. The smallest absolute Gasteiger partial charge is 0.283 e. The Bertz CT molecular complexity index is 1790. The fourth-order valence-electron chi connectivity index (χ4n) is 3.72. The van der Waals surface area contributed by atoms with Crippen molar-refractivity contribution in [3.8, 4) is 34.3 Å². The number of sulfonamides is 1. The fourth-order valence-corrected chi connectivity index (χ4v) is 4.35. The van der Waals surface area contributed by atoms with Crippen molar-refractivity contribution in [2.45, 2.75) is 13.8 Å². The van der Waals surface area contributed by atoms with Gasteiger partial charge in [0.15, 0.2) is 5.76 Å². The number of aromatic nitrogens is 3. The number of hydrogen-bond acceptors (Lipinski definition) is 8. The Morgan fingerprint density at radius 3 is 2.49 bits per heavy atom. The quantitative estimate of drug-likeness (QED) is 0.320. The van der Waals surface area contributed by atoms with Crippen LogP contribution >= 0.6 is 0 Å². The Labute approximate surface area is 210 Å². The summed E-state index contributed by atoms with van der Waals surface area (Å²) in [6.45, 7) is 3.15. The molecule has 5 rings (SSSR count). The zero-order valence-electron chi connectivity index (χ0n) is 20.0. The van der Waals surface area contributed by atoms with Crippen molar-refractivity contribution < 1.29 is 26.4 Å². The van der Waals surface area contributed by atoms with Gasteiger partial charge in [-0.15, -0.1) is 10.2 Å². The molecule has 10 nitrogen and oxygen atoms in total. The second kappa shape index (κ2) is 9.21. The highest BCUT2D eigenvalue weighted by Crippen LogP contribution is 2.40. The van der Waals surface area contributed by atoms with Crippen LogP contribution in [0.25, 0.3) is 33.7 Å². The Hall–Kier alpha value is -4.45. The van der Waals surface area contributed by atoms with Gasteiger partial charge in [0.05, 0.1) is 11.1 Å². The van der Waals surface area contributed by atoms with Crippen molar-refractivity contribution in [3.63, 3.8) is 0 Å². The van der Waals surface area contributed by atoms with Crippen LogP contribution in [0.2, 0.25) is 0 Å². The summed E-state index contributed by atoms with van der Waals surface area (Å²) in [6, 6.07) is 11.7. The molecule has 0 aliphatic carbocycles. The first kappa shape index (κ1) is 24.3. The molecule has 0 amide bonds. The van der Waals surface area contributed by atoms with Gasteiger partial charge in [0.25, 0.3) is 11.4 Å². The number of hydrogen-bond donors (Lipinski definition) is 1. The summed E-state index contributed by atoms with van der Waals surface area (Å²) in [4.78, 5) is 12.9. The summed E-state index contributed by atoms with van der Waals surface area (Å²) in [5, 5.41) is 8.01. The number of anilines is 1. The first-order valence-corrected chi connectivity index (χ1v) is 12.8. The molecule has 2 aromatic carbocycles. The molecule has 12 heteroatoms. The third-order valence-corrected chi connectivity index (χ3v) is 6.86. The zero-order chi connectivity index (χ0) is 26.3. The van der Waals surface area contributed by atoms with Crippen molar-refractivity contribution >= 4 is 26.7 Å². The van der Waals surface area contributed by atoms with Gasteiger partial charge < -0.3 is 18.1 Å². The van der Waals surface area contributed by atoms with Crippen molar-refractivity contribution in [2.24, 2.45) is 7.05 Å². The number of aryl methyl sites for hydroxylation is 2. The van der Waals surface area contributed by atoms with Crippen molar-refractivity contribution in [1.82, 2.24) is 14.8 Å². The van der Waals surface area contributed by atoms with Crippen LogP contribution in [0, 0.1) is 12.7 Å². The second-order valence-electron chi connectivity index (χ2n) is 8.21. The maximum Gasteiger partial charge on any atom is 0.283 e. The highest BCUT2D eigenvalue weighted by Gasteiger charge is 2.22. The first-order valence-electron chi connectivity index (χ1n) is 11.2. The van der Waals surface area contributed by atoms with Crippen LogP contribution in [-0.4, -0.2) is 28.9 Å². The van der Waals surface area contributed by atoms with Crippen molar-refractivity contribution in [2.75, 3.05) is 10.5 Å². The van der Waals surface area contributed by atoms with Gasteiger partial charge in [-0.3, -0.25) is 9.52 Å². The van der Waals surface area contributed by atoms with E-state index in [2.05, 4.69) is 14.9 Å². The molecule has 5 aromatic rings. The monoisotopic (exact) mass is 524 g/mol. The van der Waals surface area contributed by atoms with Gasteiger partial charge in [0, 0.05) is 43.0 Å². The molecule has 0 aliphatic rings. The van der Waals surface area contributed by atoms with Gasteiger partial charge in [0.2, 0.25) is 15.9 Å². The molecule has 37 heavy (non-hydrogen) atoms. The number of ether oxygens (including phenoxy) is 1. The molecule has 0 bridgehead atoms. The van der Waals surface area contributed by atoms with Gasteiger partial charge >= 0.3 is 0 Å². The van der Waals surface area contributed by atoms with Crippen molar-refractivity contribution in [3.05, 3.63) is 76.8 Å². The molecule has 1 N–H and O–H groups in total. The Morgan fingerprint density at radius 1 is 1.05 bits per heavy atom. The first-order chi connectivity index (χ1) is 17.6. The summed E-state index contributed by atoms with van der Waals surface area (Å²) in [7, 11) is -1.99. The number of halogens is 1. The number of nitrogens with zero attached hydrogens (tertiary/aromatic N) is 3. The Balaban J connectivity index is 1.73. The average molecular weight is 525 g/mol. The second-order valence-corrected chi connectivity index (χ2v) is 10.2. The lowest BCUT2D eigenvalue weighted by Gasteiger charge is -2.15. The summed E-state index contributed by atoms with van der Waals surface area (Å²) in [5.74, 6) is 0.763. The van der Waals surface area contributed by atoms with E-state index in [9.17, 15) is 17.6 Å². The summed E-state index contributed by atoms with van der Waals surface area (Å²) in [5.41, 5.74) is 1.03. The fraction of sp³-hybridized carbons (Fsp3) is 0.160. The van der Waals surface area contributed by atoms with E-state index in [0.717, 1.165) is 0 Å². The highest BCUT2D eigenvalue weighted by molar-refractivity contribution is 7.92. The number of nitrogens with one attached hydrogen (secondary N) is 1. The molecule has 0 spiro atoms. The zero-order valence-corrected chi connectivity index (χ0v) is 20.8. The van der Waals surface area contributed by atoms with Gasteiger partial charge in [-0.1, -0.05) is 0 Å². The van der Waals surface area contributed by atoms with E-state index >= 15 is 0 Å². The molecular weight excluding hydrogens is 503 g/mol. The van der Waals surface area contributed by atoms with Gasteiger partial charge in [0.1, 0.15) is 22.9 Å². The number of furan rings is 1. The van der Waals surface area contributed by atoms with E-state index in [4.69, 9.17) is 13.6 Å². The molecular formula is C25H21FN4O6S. The molecule has 3 aromatic heterocycles. The third kappa shape index (κ3) is 4.83. The van der Waals surface area contributed by atoms with Gasteiger partial charge in [-0.2, -0.15) is 0 Å². The molecule has 3 heterocycles. The van der Waals surface area contributed by atoms with Gasteiger partial charge in [-0.05, 0) is 49.4 Å². The van der Waals surface area contributed by atoms with E-state index < -0.39 is 15.8 Å². The highest BCUT2D eigenvalue weighted by atomic mass is 32.2. The van der Waals surface area contributed by atoms with Crippen LogP contribution < -0.4 is 15.0 Å². The lowest BCUT2D eigenvalue weighted by molar-refractivity contribution is 0.482. The van der Waals surface area contributed by atoms with Gasteiger partial charge in [-0.25, -0.2) is 12.8 Å². The minimum atomic E-state index is -3.57. The topological polar surface area (TPSA) is 129 Å². The van der Waals surface area contributed by atoms with E-state index in [-0.39, 0.29) is 39.6 Å². The van der Waals surface area contributed by atoms with Crippen LogP contribution in [0.5, 0.6) is 11.5 Å². The lowest BCUT2D eigenvalue weighted by Crippen LogP contribution is -2.16. The lowest BCUT2D eigenvalue weighted by atomic mass is 10.0. The molecule has 0 saturated heterocycles. The summed E-state index contributed by atoms with van der Waals surface area (Å²) in [6.07, 6.45) is 1.56. The largest absolute Gasteiger partial charge is 0.457 e. The molecule has 0 unspecified atom stereocenters. The normalized spacial score (nSPS) is 11.7. The Kier molecular flexibility index (Phi) is 6.04. The molecule has 0 atom stereocenters. The van der Waals surface area contributed by atoms with E-state index in [1.165, 1.54) is 41.8 Å². The minimum absolute atomic E-state index is 0.106. The average Bonchev–Trinajstić information content (AvgIpc) is 3.50. The predicted octanol–water partition coefficient (Wildman–Crippen LogP) is 4.85. The maximum absolute atomic E-state index is 13.4. The van der Waals surface area contributed by atoms with E-state index in [1.807, 2.05) is 0 Å². The Morgan fingerprint density at radius 2 is 1.81 bits per heavy atom. The van der Waals surface area contributed by atoms with Crippen LogP contribution in [0.1, 0.15) is 12.8 Å². The molecule has 0 fully saturated rings. The molecule has 0 radical (unpaired) electrons. The molecule has 0 saturated carbocycles. The number of pyridine rings is 1. The number of rotatable bonds is 7. The predicted molar refractivity (Wildman–Crippen MR) is 134 cm³/mol. The third-order valence-electron chi connectivity index (χ3n) is 5.55. The summed E-state index contributed by atoms with van der Waals surface area (Å²) >= 11 is 0. The summed E-state index contributed by atoms with van der Waals surface area (Å²) < 4.78 is 59.3. The standard InChI is InChI=1S/C25H21FN4O6S/c1-4-37(32,33)29-16-7-10-21(35-17-8-5-15(26)6-9-17)18(11-16)20-13-30(3)25(31)19-12-22(36-23(19)20)24-28-27-14(2)34-24/h5-13,29H,4H2,1-3H3. The molecule has 190 valence electrons. The van der Waals surface area contributed by atoms with E-state index in [0.29, 0.717) is 28.5 Å². The van der Waals surface area contributed by atoms with Crippen LogP contribution in [0.15, 0.2) is 68.4 Å². The van der Waals surface area contributed by atoms with E-state index in [1.54, 1.807) is 38.4 Å². The minimum Gasteiger partial charge on any atom is -0.457 e. The van der Waals surface area contributed by atoms with Crippen molar-refractivity contribution in [1.29, 1.82) is 0 Å². The number of benzene rings is 2. The van der Waals surface area contributed by atoms with Crippen LogP contribution in [0.4, 0.5) is 10.1 Å². The molecule has 0 aliphatic heterocycles. The van der Waals surface area contributed by atoms with Crippen LogP contribution in [-0.2, 0) is 17.1 Å². The SMILES string of the molecule is CCS(=O)(=O)Nc1ccc(Oc2ccc(F)cc2)c(-c2cn(C)c(=O)c3cc(-c4nnc(C)o4)oc23)c1. The number of fused-ring (bicyclic) bond motifs is 1.